The number of hydrogen-bond acceptors (Lipinski definition) is 5. The van der Waals surface area contributed by atoms with E-state index in [4.69, 9.17) is 4.74 Å². The van der Waals surface area contributed by atoms with Crippen LogP contribution < -0.4 is 4.74 Å². The van der Waals surface area contributed by atoms with Crippen LogP contribution in [0.1, 0.15) is 17.3 Å². The maximum absolute atomic E-state index is 11.4. The number of nitrogens with zero attached hydrogens (tertiary/aromatic N) is 2. The summed E-state index contributed by atoms with van der Waals surface area (Å²) in [5.74, 6) is 0.438. The number of benzene rings is 1. The lowest BCUT2D eigenvalue weighted by Gasteiger charge is -2.07. The molecule has 0 atom stereocenters. The summed E-state index contributed by atoms with van der Waals surface area (Å²) < 4.78 is 5.45. The van der Waals surface area contributed by atoms with Gasteiger partial charge in [-0.05, 0) is 19.1 Å². The van der Waals surface area contributed by atoms with Gasteiger partial charge in [0.05, 0.1) is 10.5 Å². The molecule has 0 spiro atoms. The van der Waals surface area contributed by atoms with Gasteiger partial charge in [-0.25, -0.2) is 4.98 Å². The van der Waals surface area contributed by atoms with Crippen molar-refractivity contribution in [3.05, 3.63) is 58.3 Å². The summed E-state index contributed by atoms with van der Waals surface area (Å²) in [6.45, 7) is 1.44. The van der Waals surface area contributed by atoms with Crippen LogP contribution in [0, 0.1) is 10.1 Å². The van der Waals surface area contributed by atoms with Gasteiger partial charge in [-0.15, -0.1) is 0 Å². The molecule has 0 aliphatic heterocycles. The van der Waals surface area contributed by atoms with Crippen LogP contribution in [0.5, 0.6) is 11.6 Å². The van der Waals surface area contributed by atoms with E-state index >= 15 is 0 Å². The van der Waals surface area contributed by atoms with Gasteiger partial charge in [-0.1, -0.05) is 12.1 Å². The number of rotatable bonds is 4. The zero-order chi connectivity index (χ0) is 13.8. The number of pyridine rings is 1. The number of carbonyl (C=O) groups is 1. The monoisotopic (exact) mass is 258 g/mol. The Bertz CT molecular complexity index is 623. The molecule has 1 aromatic heterocycles. The van der Waals surface area contributed by atoms with Crippen molar-refractivity contribution in [1.82, 2.24) is 4.98 Å². The number of para-hydroxylation sites is 1. The van der Waals surface area contributed by atoms with E-state index in [1.54, 1.807) is 24.3 Å². The number of aromatic nitrogens is 1. The Morgan fingerprint density at radius 3 is 2.58 bits per heavy atom. The fourth-order valence-electron chi connectivity index (χ4n) is 1.50. The summed E-state index contributed by atoms with van der Waals surface area (Å²) >= 11 is 0. The Balaban J connectivity index is 2.26. The van der Waals surface area contributed by atoms with E-state index in [2.05, 4.69) is 4.98 Å². The molecule has 2 rings (SSSR count). The van der Waals surface area contributed by atoms with Crippen molar-refractivity contribution in [2.75, 3.05) is 0 Å². The summed E-state index contributed by atoms with van der Waals surface area (Å²) in [5.41, 5.74) is 0.315. The molecule has 0 fully saturated rings. The van der Waals surface area contributed by atoms with Crippen LogP contribution >= 0.6 is 0 Å². The van der Waals surface area contributed by atoms with Crippen molar-refractivity contribution in [2.24, 2.45) is 0 Å². The lowest BCUT2D eigenvalue weighted by atomic mass is 10.1. The highest BCUT2D eigenvalue weighted by atomic mass is 16.6. The molecule has 0 radical (unpaired) electrons. The van der Waals surface area contributed by atoms with E-state index in [-0.39, 0.29) is 17.4 Å². The zero-order valence-corrected chi connectivity index (χ0v) is 10.1. The Kier molecular flexibility index (Phi) is 3.51. The van der Waals surface area contributed by atoms with E-state index in [0.29, 0.717) is 11.3 Å². The molecule has 96 valence electrons. The Morgan fingerprint density at radius 1 is 1.26 bits per heavy atom. The second-order valence-electron chi connectivity index (χ2n) is 3.77. The summed E-state index contributed by atoms with van der Waals surface area (Å²) in [5, 5.41) is 10.5. The first-order valence-corrected chi connectivity index (χ1v) is 5.46. The first-order chi connectivity index (χ1) is 9.08. The Morgan fingerprint density at radius 2 is 2.00 bits per heavy atom. The molecule has 0 aliphatic rings. The van der Waals surface area contributed by atoms with Gasteiger partial charge >= 0.3 is 0 Å². The Hall–Kier alpha value is -2.76. The molecule has 0 amide bonds. The van der Waals surface area contributed by atoms with Gasteiger partial charge in [0, 0.05) is 12.1 Å². The predicted octanol–water partition coefficient (Wildman–Crippen LogP) is 2.98. The molecule has 2 aromatic rings. The van der Waals surface area contributed by atoms with Gasteiger partial charge in [0.15, 0.2) is 5.78 Å². The molecule has 0 unspecified atom stereocenters. The van der Waals surface area contributed by atoms with Crippen molar-refractivity contribution in [3.63, 3.8) is 0 Å². The molecule has 0 aliphatic carbocycles. The largest absolute Gasteiger partial charge is 0.438 e. The Labute approximate surface area is 108 Å². The first-order valence-electron chi connectivity index (χ1n) is 5.46. The fraction of sp³-hybridized carbons (Fsp3) is 0.0769. The minimum atomic E-state index is -0.541. The zero-order valence-electron chi connectivity index (χ0n) is 10.1. The van der Waals surface area contributed by atoms with Crippen LogP contribution in [0.2, 0.25) is 0 Å². The maximum atomic E-state index is 11.4. The quantitative estimate of drug-likeness (QED) is 0.478. The van der Waals surface area contributed by atoms with Crippen LogP contribution in [0.3, 0.4) is 0 Å². The first kappa shape index (κ1) is 12.7. The lowest BCUT2D eigenvalue weighted by Crippen LogP contribution is -1.97. The van der Waals surface area contributed by atoms with Gasteiger partial charge < -0.3 is 4.74 Å². The molecule has 0 bridgehead atoms. The molecule has 19 heavy (non-hydrogen) atoms. The van der Waals surface area contributed by atoms with Gasteiger partial charge in [0.25, 0.3) is 5.69 Å². The van der Waals surface area contributed by atoms with Crippen LogP contribution in [-0.4, -0.2) is 15.7 Å². The van der Waals surface area contributed by atoms with E-state index in [1.807, 2.05) is 0 Å². The van der Waals surface area contributed by atoms with Crippen molar-refractivity contribution >= 4 is 11.5 Å². The molecule has 6 nitrogen and oxygen atoms in total. The molecule has 0 saturated heterocycles. The van der Waals surface area contributed by atoms with Gasteiger partial charge in [0.2, 0.25) is 5.88 Å². The number of carbonyl (C=O) groups excluding carboxylic acids is 1. The van der Waals surface area contributed by atoms with Gasteiger partial charge in [-0.2, -0.15) is 0 Å². The third kappa shape index (κ3) is 2.92. The average Bonchev–Trinajstić information content (AvgIpc) is 2.39. The second-order valence-corrected chi connectivity index (χ2v) is 3.77. The number of ether oxygens (including phenoxy) is 1. The summed E-state index contributed by atoms with van der Waals surface area (Å²) in [6.07, 6.45) is 1.10. The van der Waals surface area contributed by atoms with E-state index in [9.17, 15) is 14.9 Å². The fourth-order valence-corrected chi connectivity index (χ4v) is 1.50. The number of ketones is 1. The predicted molar refractivity (Wildman–Crippen MR) is 67.4 cm³/mol. The minimum absolute atomic E-state index is 0.118. The van der Waals surface area contributed by atoms with Crippen molar-refractivity contribution < 1.29 is 14.5 Å². The standard InChI is InChI=1S/C13H10N2O4/c1-9(16)11-4-2-3-5-12(11)19-13-7-6-10(8-14-13)15(17)18/h2-8H,1H3. The van der Waals surface area contributed by atoms with Crippen molar-refractivity contribution in [2.45, 2.75) is 6.92 Å². The summed E-state index contributed by atoms with van der Waals surface area (Å²) in [7, 11) is 0. The highest BCUT2D eigenvalue weighted by Gasteiger charge is 2.10. The molecule has 1 heterocycles. The third-order valence-electron chi connectivity index (χ3n) is 2.41. The topological polar surface area (TPSA) is 82.3 Å². The molecule has 0 saturated carbocycles. The van der Waals surface area contributed by atoms with Gasteiger partial charge in [-0.3, -0.25) is 14.9 Å². The number of hydrogen-bond donors (Lipinski definition) is 0. The van der Waals surface area contributed by atoms with E-state index < -0.39 is 4.92 Å². The molecule has 0 N–H and O–H groups in total. The smallest absolute Gasteiger partial charge is 0.287 e. The van der Waals surface area contributed by atoms with Crippen molar-refractivity contribution in [1.29, 1.82) is 0 Å². The lowest BCUT2D eigenvalue weighted by molar-refractivity contribution is -0.385. The summed E-state index contributed by atoms with van der Waals surface area (Å²) in [4.78, 5) is 25.2. The second kappa shape index (κ2) is 5.26. The van der Waals surface area contributed by atoms with Gasteiger partial charge in [0.1, 0.15) is 11.9 Å². The van der Waals surface area contributed by atoms with Crippen LogP contribution in [-0.2, 0) is 0 Å². The van der Waals surface area contributed by atoms with Crippen LogP contribution in [0.25, 0.3) is 0 Å². The average molecular weight is 258 g/mol. The van der Waals surface area contributed by atoms with E-state index in [0.717, 1.165) is 6.20 Å². The minimum Gasteiger partial charge on any atom is -0.438 e. The normalized spacial score (nSPS) is 9.95. The van der Waals surface area contributed by atoms with Crippen LogP contribution in [0.4, 0.5) is 5.69 Å². The number of nitro groups is 1. The summed E-state index contributed by atoms with van der Waals surface area (Å²) in [6, 6.07) is 9.41. The number of Topliss-reactive ketones (excluding diaryl/α,β-unsaturated/α-hetero) is 1. The van der Waals surface area contributed by atoms with E-state index in [1.165, 1.54) is 19.1 Å². The van der Waals surface area contributed by atoms with Crippen molar-refractivity contribution in [3.8, 4) is 11.6 Å². The highest BCUT2D eigenvalue weighted by molar-refractivity contribution is 5.96. The molecule has 6 heteroatoms. The molecule has 1 aromatic carbocycles. The SMILES string of the molecule is CC(=O)c1ccccc1Oc1ccc([N+](=O)[O-])cn1. The third-order valence-corrected chi connectivity index (χ3v) is 2.41. The molecular weight excluding hydrogens is 248 g/mol. The maximum Gasteiger partial charge on any atom is 0.287 e. The molecular formula is C13H10N2O4. The highest BCUT2D eigenvalue weighted by Crippen LogP contribution is 2.25. The van der Waals surface area contributed by atoms with Crippen LogP contribution in [0.15, 0.2) is 42.6 Å².